The van der Waals surface area contributed by atoms with Crippen LogP contribution in [0.2, 0.25) is 0 Å². The summed E-state index contributed by atoms with van der Waals surface area (Å²) in [7, 11) is 2.97. The van der Waals surface area contributed by atoms with Gasteiger partial charge in [0.1, 0.15) is 30.5 Å². The van der Waals surface area contributed by atoms with Gasteiger partial charge in [0.2, 0.25) is 17.7 Å². The molecule has 0 aliphatic carbocycles. The Morgan fingerprint density at radius 2 is 1.93 bits per heavy atom. The van der Waals surface area contributed by atoms with Crippen molar-refractivity contribution in [2.24, 2.45) is 0 Å². The topological polar surface area (TPSA) is 117 Å². The van der Waals surface area contributed by atoms with E-state index in [1.807, 2.05) is 0 Å². The normalized spacial score (nSPS) is 24.8. The average molecular weight is 398 g/mol. The number of carbonyl (C=O) groups is 4. The molecule has 158 valence electrons. The lowest BCUT2D eigenvalue weighted by molar-refractivity contribution is -0.148. The van der Waals surface area contributed by atoms with Gasteiger partial charge in [0.15, 0.2) is 0 Å². The lowest BCUT2D eigenvalue weighted by Gasteiger charge is -2.29. The van der Waals surface area contributed by atoms with E-state index in [-0.39, 0.29) is 18.4 Å². The molecule has 10 nitrogen and oxygen atoms in total. The molecule has 3 unspecified atom stereocenters. The summed E-state index contributed by atoms with van der Waals surface area (Å²) in [6.45, 7) is 5.25. The molecule has 0 aromatic rings. The van der Waals surface area contributed by atoms with Gasteiger partial charge in [-0.25, -0.2) is 4.79 Å². The van der Waals surface area contributed by atoms with E-state index in [1.54, 1.807) is 20.8 Å². The number of ether oxygens (including phenoxy) is 2. The number of hydrogen-bond acceptors (Lipinski definition) is 6. The van der Waals surface area contributed by atoms with E-state index in [4.69, 9.17) is 9.47 Å². The molecule has 28 heavy (non-hydrogen) atoms. The fourth-order valence-corrected chi connectivity index (χ4v) is 3.28. The zero-order valence-electron chi connectivity index (χ0n) is 17.1. The predicted molar refractivity (Wildman–Crippen MR) is 99.1 cm³/mol. The van der Waals surface area contributed by atoms with Crippen molar-refractivity contribution in [3.63, 3.8) is 0 Å². The van der Waals surface area contributed by atoms with Crippen molar-refractivity contribution in [1.82, 2.24) is 20.4 Å². The summed E-state index contributed by atoms with van der Waals surface area (Å²) >= 11 is 0. The van der Waals surface area contributed by atoms with E-state index in [9.17, 15) is 19.2 Å². The maximum atomic E-state index is 12.9. The minimum Gasteiger partial charge on any atom is -0.444 e. The van der Waals surface area contributed by atoms with E-state index in [1.165, 1.54) is 19.0 Å². The molecule has 0 saturated carbocycles. The number of likely N-dealkylation sites (N-methyl/N-ethyl adjacent to an activating group) is 2. The molecule has 4 amide bonds. The van der Waals surface area contributed by atoms with Crippen molar-refractivity contribution >= 4 is 23.8 Å². The molecule has 0 radical (unpaired) electrons. The molecule has 2 fully saturated rings. The highest BCUT2D eigenvalue weighted by atomic mass is 16.6. The summed E-state index contributed by atoms with van der Waals surface area (Å²) in [4.78, 5) is 52.0. The fraction of sp³-hybridized carbons (Fsp3) is 0.778. The third kappa shape index (κ3) is 5.34. The van der Waals surface area contributed by atoms with Crippen LogP contribution in [0.1, 0.15) is 40.0 Å². The fourth-order valence-electron chi connectivity index (χ4n) is 3.28. The predicted octanol–water partition coefficient (Wildman–Crippen LogP) is -0.178. The highest BCUT2D eigenvalue weighted by molar-refractivity contribution is 5.93. The number of rotatable bonds is 4. The van der Waals surface area contributed by atoms with Crippen LogP contribution in [0.4, 0.5) is 4.79 Å². The Bertz CT molecular complexity index is 632. The summed E-state index contributed by atoms with van der Waals surface area (Å²) in [5.41, 5.74) is -0.671. The van der Waals surface area contributed by atoms with Crippen molar-refractivity contribution in [3.8, 4) is 0 Å². The van der Waals surface area contributed by atoms with E-state index in [0.29, 0.717) is 25.9 Å². The largest absolute Gasteiger partial charge is 0.444 e. The molecule has 3 atom stereocenters. The summed E-state index contributed by atoms with van der Waals surface area (Å²) < 4.78 is 10.9. The van der Waals surface area contributed by atoms with Crippen LogP contribution in [0.3, 0.4) is 0 Å². The van der Waals surface area contributed by atoms with Crippen LogP contribution in [0, 0.1) is 0 Å². The van der Waals surface area contributed by atoms with Crippen molar-refractivity contribution in [1.29, 1.82) is 0 Å². The summed E-state index contributed by atoms with van der Waals surface area (Å²) in [5, 5.41) is 5.22. The minimum absolute atomic E-state index is 0.248. The molecule has 0 aromatic heterocycles. The van der Waals surface area contributed by atoms with Crippen LogP contribution in [0.5, 0.6) is 0 Å². The van der Waals surface area contributed by atoms with E-state index < -0.39 is 35.9 Å². The first kappa shape index (κ1) is 21.9. The third-order valence-electron chi connectivity index (χ3n) is 4.57. The summed E-state index contributed by atoms with van der Waals surface area (Å²) in [6, 6.07) is -1.42. The molecule has 2 N–H and O–H groups in total. The number of nitrogens with one attached hydrogen (secondary N) is 2. The molecule has 0 bridgehead atoms. The Hall–Kier alpha value is -2.36. The molecule has 0 spiro atoms. The number of fused-ring (bicyclic) bond motifs is 1. The van der Waals surface area contributed by atoms with Gasteiger partial charge in [-0.3, -0.25) is 14.4 Å². The van der Waals surface area contributed by atoms with Crippen LogP contribution in [-0.4, -0.2) is 84.8 Å². The van der Waals surface area contributed by atoms with E-state index >= 15 is 0 Å². The smallest absolute Gasteiger partial charge is 0.410 e. The third-order valence-corrected chi connectivity index (χ3v) is 4.57. The van der Waals surface area contributed by atoms with Crippen molar-refractivity contribution < 1.29 is 28.7 Å². The van der Waals surface area contributed by atoms with Gasteiger partial charge in [0.25, 0.3) is 0 Å². The van der Waals surface area contributed by atoms with Gasteiger partial charge < -0.3 is 29.9 Å². The molecule has 2 heterocycles. The lowest BCUT2D eigenvalue weighted by Crippen LogP contribution is -2.55. The number of carbonyl (C=O) groups excluding carboxylic acids is 4. The van der Waals surface area contributed by atoms with Gasteiger partial charge in [-0.2, -0.15) is 0 Å². The second-order valence-electron chi connectivity index (χ2n) is 8.02. The molecule has 0 aromatic carbocycles. The number of hydrogen-bond donors (Lipinski definition) is 2. The zero-order valence-corrected chi connectivity index (χ0v) is 17.1. The van der Waals surface area contributed by atoms with Crippen molar-refractivity contribution in [2.75, 3.05) is 27.2 Å². The first-order valence-electron chi connectivity index (χ1n) is 9.42. The van der Waals surface area contributed by atoms with Crippen LogP contribution in [-0.2, 0) is 23.9 Å². The van der Waals surface area contributed by atoms with Gasteiger partial charge in [0.05, 0.1) is 6.61 Å². The van der Waals surface area contributed by atoms with Crippen LogP contribution >= 0.6 is 0 Å². The van der Waals surface area contributed by atoms with Gasteiger partial charge in [-0.1, -0.05) is 0 Å². The Kier molecular flexibility index (Phi) is 6.87. The molecule has 2 aliphatic rings. The molecular formula is C18H30N4O6. The second kappa shape index (κ2) is 8.76. The number of amides is 4. The van der Waals surface area contributed by atoms with Gasteiger partial charge in [0, 0.05) is 20.5 Å². The van der Waals surface area contributed by atoms with Crippen LogP contribution in [0.25, 0.3) is 0 Å². The molecule has 2 rings (SSSR count). The Morgan fingerprint density at radius 3 is 2.54 bits per heavy atom. The molecule has 2 aliphatic heterocycles. The standard InChI is InChI=1S/C18H30N4O6/c1-18(2,3)28-17(26)21(5)10-13(23)20-11-8-9-27-14-7-6-12(15(24)19-4)22(14)16(11)25/h11-12,14H,6-10H2,1-5H3,(H,19,24)(H,20,23). The molecule has 2 saturated heterocycles. The quantitative estimate of drug-likeness (QED) is 0.679. The van der Waals surface area contributed by atoms with Gasteiger partial charge in [-0.05, 0) is 33.6 Å². The van der Waals surface area contributed by atoms with Crippen LogP contribution in [0.15, 0.2) is 0 Å². The highest BCUT2D eigenvalue weighted by Gasteiger charge is 2.45. The average Bonchev–Trinajstić information content (AvgIpc) is 2.95. The molecular weight excluding hydrogens is 368 g/mol. The van der Waals surface area contributed by atoms with Gasteiger partial charge >= 0.3 is 6.09 Å². The maximum absolute atomic E-state index is 12.9. The Balaban J connectivity index is 1.99. The van der Waals surface area contributed by atoms with Gasteiger partial charge in [-0.15, -0.1) is 0 Å². The Labute approximate surface area is 164 Å². The van der Waals surface area contributed by atoms with Crippen molar-refractivity contribution in [2.45, 2.75) is 63.9 Å². The monoisotopic (exact) mass is 398 g/mol. The van der Waals surface area contributed by atoms with E-state index in [0.717, 1.165) is 4.90 Å². The maximum Gasteiger partial charge on any atom is 0.410 e. The SMILES string of the molecule is CNC(=O)C1CCC2OCCC(NC(=O)CN(C)C(=O)OC(C)(C)C)C(=O)N21. The second-order valence-corrected chi connectivity index (χ2v) is 8.02. The minimum atomic E-state index is -0.810. The summed E-state index contributed by atoms with van der Waals surface area (Å²) in [5.74, 6) is -1.08. The van der Waals surface area contributed by atoms with Crippen molar-refractivity contribution in [3.05, 3.63) is 0 Å². The first-order chi connectivity index (χ1) is 13.0. The zero-order chi connectivity index (χ0) is 21.1. The highest BCUT2D eigenvalue weighted by Crippen LogP contribution is 2.28. The number of nitrogens with zero attached hydrogens (tertiary/aromatic N) is 2. The summed E-state index contributed by atoms with van der Waals surface area (Å²) in [6.07, 6.45) is 0.302. The van der Waals surface area contributed by atoms with Crippen LogP contribution < -0.4 is 10.6 Å². The Morgan fingerprint density at radius 1 is 1.25 bits per heavy atom. The van der Waals surface area contributed by atoms with E-state index in [2.05, 4.69) is 10.6 Å². The first-order valence-corrected chi connectivity index (χ1v) is 9.42. The lowest BCUT2D eigenvalue weighted by atomic mass is 10.1. The molecule has 10 heteroatoms.